The first-order valence-electron chi connectivity index (χ1n) is 7.81. The zero-order valence-electron chi connectivity index (χ0n) is 13.8. The zero-order chi connectivity index (χ0) is 16.8. The van der Waals surface area contributed by atoms with Gasteiger partial charge in [-0.25, -0.2) is 9.38 Å². The van der Waals surface area contributed by atoms with E-state index in [1.807, 2.05) is 49.6 Å². The van der Waals surface area contributed by atoms with Gasteiger partial charge in [0.15, 0.2) is 0 Å². The first kappa shape index (κ1) is 14.6. The van der Waals surface area contributed by atoms with E-state index in [0.717, 1.165) is 28.1 Å². The van der Waals surface area contributed by atoms with Gasteiger partial charge >= 0.3 is 0 Å². The van der Waals surface area contributed by atoms with Gasteiger partial charge in [0.25, 0.3) is 5.56 Å². The van der Waals surface area contributed by atoms with Gasteiger partial charge in [0.1, 0.15) is 0 Å². The van der Waals surface area contributed by atoms with E-state index in [0.29, 0.717) is 17.9 Å². The van der Waals surface area contributed by atoms with Crippen LogP contribution in [0.15, 0.2) is 41.5 Å². The lowest BCUT2D eigenvalue weighted by atomic mass is 10.2. The van der Waals surface area contributed by atoms with Crippen molar-refractivity contribution < 1.29 is 0 Å². The summed E-state index contributed by atoms with van der Waals surface area (Å²) in [6, 6.07) is 7.68. The molecule has 4 rings (SSSR count). The Morgan fingerprint density at radius 2 is 1.83 bits per heavy atom. The number of rotatable bonds is 2. The summed E-state index contributed by atoms with van der Waals surface area (Å²) in [6.07, 6.45) is 3.48. The first-order valence-corrected chi connectivity index (χ1v) is 7.81. The fourth-order valence-electron chi connectivity index (χ4n) is 3.01. The van der Waals surface area contributed by atoms with Crippen molar-refractivity contribution in [2.24, 2.45) is 0 Å². The van der Waals surface area contributed by atoms with E-state index in [1.54, 1.807) is 16.8 Å². The number of hydrogen-bond acceptors (Lipinski definition) is 4. The smallest absolute Gasteiger partial charge is 0.262 e. The van der Waals surface area contributed by atoms with Crippen LogP contribution in [0, 0.1) is 20.8 Å². The van der Waals surface area contributed by atoms with E-state index >= 15 is 0 Å². The van der Waals surface area contributed by atoms with Crippen LogP contribution in [0.2, 0.25) is 0 Å². The van der Waals surface area contributed by atoms with Crippen LogP contribution in [0.5, 0.6) is 0 Å². The average Bonchev–Trinajstić information content (AvgIpc) is 2.96. The number of aromatic nitrogens is 5. The minimum Gasteiger partial charge on any atom is -0.309 e. The third kappa shape index (κ3) is 2.11. The van der Waals surface area contributed by atoms with Crippen LogP contribution in [-0.4, -0.2) is 23.9 Å². The van der Waals surface area contributed by atoms with E-state index in [9.17, 15) is 4.79 Å². The van der Waals surface area contributed by atoms with Crippen LogP contribution in [0.25, 0.3) is 16.8 Å². The Morgan fingerprint density at radius 1 is 1.04 bits per heavy atom. The average molecular weight is 319 g/mol. The van der Waals surface area contributed by atoms with Gasteiger partial charge in [-0.05, 0) is 32.9 Å². The molecule has 0 unspecified atom stereocenters. The highest BCUT2D eigenvalue weighted by Crippen LogP contribution is 2.18. The van der Waals surface area contributed by atoms with Gasteiger partial charge < -0.3 is 4.57 Å². The summed E-state index contributed by atoms with van der Waals surface area (Å²) in [7, 11) is 0. The summed E-state index contributed by atoms with van der Waals surface area (Å²) in [5.74, 6) is 0.632. The molecule has 6 heteroatoms. The Labute approximate surface area is 138 Å². The van der Waals surface area contributed by atoms with E-state index < -0.39 is 0 Å². The van der Waals surface area contributed by atoms with Crippen molar-refractivity contribution in [3.8, 4) is 0 Å². The minimum absolute atomic E-state index is 0.0252. The number of benzene rings is 1. The molecule has 3 aromatic heterocycles. The molecule has 0 saturated carbocycles. The zero-order valence-corrected chi connectivity index (χ0v) is 13.8. The maximum atomic E-state index is 12.8. The molecule has 4 aromatic rings. The molecule has 24 heavy (non-hydrogen) atoms. The number of imidazole rings is 1. The molecule has 1 aromatic carbocycles. The van der Waals surface area contributed by atoms with Gasteiger partial charge in [0, 0.05) is 17.5 Å². The van der Waals surface area contributed by atoms with Gasteiger partial charge in [-0.2, -0.15) is 0 Å². The predicted octanol–water partition coefficient (Wildman–Crippen LogP) is 2.41. The van der Waals surface area contributed by atoms with Gasteiger partial charge in [0.05, 0.1) is 35.2 Å². The molecular formula is C18H17N5O. The van der Waals surface area contributed by atoms with E-state index in [1.165, 1.54) is 0 Å². The second-order valence-electron chi connectivity index (χ2n) is 5.99. The number of para-hydroxylation sites is 2. The fourth-order valence-corrected chi connectivity index (χ4v) is 3.01. The molecule has 0 saturated heterocycles. The van der Waals surface area contributed by atoms with Crippen LogP contribution >= 0.6 is 0 Å². The van der Waals surface area contributed by atoms with Crippen molar-refractivity contribution in [2.75, 3.05) is 0 Å². The lowest BCUT2D eigenvalue weighted by Crippen LogP contribution is -2.24. The van der Waals surface area contributed by atoms with Crippen molar-refractivity contribution in [1.82, 2.24) is 23.9 Å². The Kier molecular flexibility index (Phi) is 3.19. The third-order valence-corrected chi connectivity index (χ3v) is 4.38. The molecule has 120 valence electrons. The molecule has 6 nitrogen and oxygen atoms in total. The predicted molar refractivity (Wildman–Crippen MR) is 92.3 cm³/mol. The first-order chi connectivity index (χ1) is 11.6. The highest BCUT2D eigenvalue weighted by molar-refractivity contribution is 5.79. The Morgan fingerprint density at radius 3 is 2.62 bits per heavy atom. The molecule has 0 N–H and O–H groups in total. The highest BCUT2D eigenvalue weighted by Gasteiger charge is 2.16. The lowest BCUT2D eigenvalue weighted by Gasteiger charge is -2.14. The molecular weight excluding hydrogens is 302 g/mol. The molecule has 0 atom stereocenters. The molecule has 0 aliphatic heterocycles. The van der Waals surface area contributed by atoms with Gasteiger partial charge in [-0.3, -0.25) is 14.8 Å². The van der Waals surface area contributed by atoms with Crippen LogP contribution in [0.3, 0.4) is 0 Å². The second-order valence-corrected chi connectivity index (χ2v) is 5.99. The largest absolute Gasteiger partial charge is 0.309 e. The van der Waals surface area contributed by atoms with Crippen molar-refractivity contribution >= 4 is 16.8 Å². The Balaban J connectivity index is 2.06. The van der Waals surface area contributed by atoms with Crippen molar-refractivity contribution in [3.05, 3.63) is 69.7 Å². The van der Waals surface area contributed by atoms with Crippen molar-refractivity contribution in [2.45, 2.75) is 27.3 Å². The van der Waals surface area contributed by atoms with Crippen molar-refractivity contribution in [1.29, 1.82) is 0 Å². The molecule has 0 fully saturated rings. The fraction of sp³-hybridized carbons (Fsp3) is 0.222. The Bertz CT molecular complexity index is 1140. The summed E-state index contributed by atoms with van der Waals surface area (Å²) < 4.78 is 3.71. The molecule has 0 radical (unpaired) electrons. The quantitative estimate of drug-likeness (QED) is 0.569. The van der Waals surface area contributed by atoms with Gasteiger partial charge in [-0.1, -0.05) is 12.1 Å². The molecule has 0 aliphatic carbocycles. The molecule has 0 aliphatic rings. The summed E-state index contributed by atoms with van der Waals surface area (Å²) >= 11 is 0. The van der Waals surface area contributed by atoms with Crippen LogP contribution < -0.4 is 5.56 Å². The molecule has 0 amide bonds. The number of nitrogens with zero attached hydrogens (tertiary/aromatic N) is 5. The third-order valence-electron chi connectivity index (χ3n) is 4.38. The van der Waals surface area contributed by atoms with E-state index in [4.69, 9.17) is 0 Å². The SMILES string of the molecule is Cc1cncc(Cn2c(C)c(C)c(=O)n3c4ccccc4nc23)n1. The standard InChI is InChI=1S/C18H17N5O/c1-11-8-19-9-14(20-11)10-22-13(3)12(2)17(24)23-16-7-5-4-6-15(16)21-18(22)23/h4-9H,10H2,1-3H3. The normalized spacial score (nSPS) is 11.5. The van der Waals surface area contributed by atoms with Crippen LogP contribution in [0.4, 0.5) is 0 Å². The number of hydrogen-bond donors (Lipinski definition) is 0. The molecule has 0 spiro atoms. The summed E-state index contributed by atoms with van der Waals surface area (Å²) in [4.78, 5) is 26.2. The van der Waals surface area contributed by atoms with E-state index in [-0.39, 0.29) is 5.56 Å². The summed E-state index contributed by atoms with van der Waals surface area (Å²) in [5.41, 5.74) is 4.93. The minimum atomic E-state index is -0.0252. The Hall–Kier alpha value is -3.02. The lowest BCUT2D eigenvalue weighted by molar-refractivity contribution is 0.720. The maximum Gasteiger partial charge on any atom is 0.262 e. The van der Waals surface area contributed by atoms with Gasteiger partial charge in [-0.15, -0.1) is 0 Å². The summed E-state index contributed by atoms with van der Waals surface area (Å²) in [6.45, 7) is 6.23. The topological polar surface area (TPSA) is 65.1 Å². The molecule has 0 bridgehead atoms. The van der Waals surface area contributed by atoms with Crippen LogP contribution in [0.1, 0.15) is 22.6 Å². The summed E-state index contributed by atoms with van der Waals surface area (Å²) in [5, 5.41) is 0. The van der Waals surface area contributed by atoms with Crippen LogP contribution in [-0.2, 0) is 6.54 Å². The number of aryl methyl sites for hydroxylation is 1. The maximum absolute atomic E-state index is 12.8. The monoisotopic (exact) mass is 319 g/mol. The van der Waals surface area contributed by atoms with Crippen molar-refractivity contribution in [3.63, 3.8) is 0 Å². The van der Waals surface area contributed by atoms with Gasteiger partial charge in [0.2, 0.25) is 5.78 Å². The molecule has 3 heterocycles. The second kappa shape index (κ2) is 5.26. The number of fused-ring (bicyclic) bond motifs is 3. The van der Waals surface area contributed by atoms with E-state index in [2.05, 4.69) is 15.0 Å². The highest BCUT2D eigenvalue weighted by atomic mass is 16.1.